The highest BCUT2D eigenvalue weighted by Gasteiger charge is 2.17. The Balaban J connectivity index is 1.90. The third-order valence-corrected chi connectivity index (χ3v) is 4.11. The van der Waals surface area contributed by atoms with Crippen LogP contribution in [0.2, 0.25) is 0 Å². The van der Waals surface area contributed by atoms with E-state index in [4.69, 9.17) is 5.73 Å². The third kappa shape index (κ3) is 4.70. The minimum atomic E-state index is -0.221. The number of halogens is 1. The van der Waals surface area contributed by atoms with E-state index in [0.29, 0.717) is 12.5 Å². The van der Waals surface area contributed by atoms with Gasteiger partial charge in [-0.25, -0.2) is 4.39 Å². The Morgan fingerprint density at radius 2 is 2.05 bits per heavy atom. The van der Waals surface area contributed by atoms with Crippen LogP contribution >= 0.6 is 0 Å². The molecular weight excluding hydrogens is 267 g/mol. The molecule has 1 fully saturated rings. The van der Waals surface area contributed by atoms with Crippen molar-refractivity contribution in [1.29, 1.82) is 0 Å². The van der Waals surface area contributed by atoms with Gasteiger partial charge in [0.1, 0.15) is 5.82 Å². The summed E-state index contributed by atoms with van der Waals surface area (Å²) in [6, 6.07) is 6.65. The molecule has 0 aliphatic heterocycles. The Hall–Kier alpha value is -1.62. The fourth-order valence-electron chi connectivity index (χ4n) is 2.44. The largest absolute Gasteiger partial charge is 0.370 e. The predicted molar refractivity (Wildman–Crippen MR) is 84.7 cm³/mol. The van der Waals surface area contributed by atoms with E-state index in [-0.39, 0.29) is 11.9 Å². The molecule has 2 rings (SSSR count). The maximum atomic E-state index is 13.0. The van der Waals surface area contributed by atoms with Gasteiger partial charge in [-0.2, -0.15) is 0 Å². The first-order chi connectivity index (χ1) is 10.1. The van der Waals surface area contributed by atoms with Gasteiger partial charge in [0.05, 0.1) is 12.6 Å². The van der Waals surface area contributed by atoms with Gasteiger partial charge in [-0.05, 0) is 50.6 Å². The number of nitrogens with zero attached hydrogens (tertiary/aromatic N) is 2. The van der Waals surface area contributed by atoms with Gasteiger partial charge < -0.3 is 16.0 Å². The third-order valence-electron chi connectivity index (χ3n) is 4.11. The molecule has 116 valence electrons. The molecule has 0 aromatic heterocycles. The lowest BCUT2D eigenvalue weighted by molar-refractivity contribution is 0.304. The van der Waals surface area contributed by atoms with E-state index in [2.05, 4.69) is 15.2 Å². The molecular formula is C16H25FN4. The summed E-state index contributed by atoms with van der Waals surface area (Å²) in [6.45, 7) is 1.47. The normalized spacial score (nSPS) is 17.6. The standard InChI is InChI=1S/C16H25FN4/c1-21(2)15(13-6-8-14(17)9-7-13)11-20-16(18)19-10-12-4-3-5-12/h6-9,12,15H,3-5,10-11H2,1-2H3,(H3,18,19,20). The highest BCUT2D eigenvalue weighted by Crippen LogP contribution is 2.25. The average Bonchev–Trinajstić information content (AvgIpc) is 2.39. The van der Waals surface area contributed by atoms with Crippen LogP contribution in [0.5, 0.6) is 0 Å². The number of hydrogen-bond donors (Lipinski definition) is 2. The van der Waals surface area contributed by atoms with E-state index in [9.17, 15) is 4.39 Å². The smallest absolute Gasteiger partial charge is 0.188 e. The summed E-state index contributed by atoms with van der Waals surface area (Å²) >= 11 is 0. The number of aliphatic imine (C=N–C) groups is 1. The molecule has 1 aromatic rings. The van der Waals surface area contributed by atoms with E-state index < -0.39 is 0 Å². The van der Waals surface area contributed by atoms with Gasteiger partial charge in [-0.15, -0.1) is 0 Å². The summed E-state index contributed by atoms with van der Waals surface area (Å²) in [7, 11) is 3.98. The molecule has 0 saturated heterocycles. The second-order valence-electron chi connectivity index (χ2n) is 5.93. The molecule has 5 heteroatoms. The molecule has 3 N–H and O–H groups in total. The molecule has 1 atom stereocenters. The second kappa shape index (κ2) is 7.41. The number of likely N-dealkylation sites (N-methyl/N-ethyl adjacent to an activating group) is 1. The van der Waals surface area contributed by atoms with Crippen LogP contribution in [-0.4, -0.2) is 38.0 Å². The molecule has 0 heterocycles. The van der Waals surface area contributed by atoms with Crippen molar-refractivity contribution in [2.75, 3.05) is 27.2 Å². The maximum Gasteiger partial charge on any atom is 0.188 e. The molecule has 0 radical (unpaired) electrons. The monoisotopic (exact) mass is 292 g/mol. The fourth-order valence-corrected chi connectivity index (χ4v) is 2.44. The molecule has 1 aliphatic carbocycles. The van der Waals surface area contributed by atoms with E-state index in [0.717, 1.165) is 18.0 Å². The van der Waals surface area contributed by atoms with Gasteiger partial charge in [-0.3, -0.25) is 4.99 Å². The van der Waals surface area contributed by atoms with Gasteiger partial charge in [0.2, 0.25) is 0 Å². The number of guanidine groups is 1. The summed E-state index contributed by atoms with van der Waals surface area (Å²) in [5, 5.41) is 3.19. The first-order valence-electron chi connectivity index (χ1n) is 7.52. The Labute approximate surface area is 126 Å². The van der Waals surface area contributed by atoms with Crippen molar-refractivity contribution in [3.05, 3.63) is 35.6 Å². The molecule has 4 nitrogen and oxygen atoms in total. The zero-order valence-corrected chi connectivity index (χ0v) is 12.8. The molecule has 21 heavy (non-hydrogen) atoms. The van der Waals surface area contributed by atoms with E-state index >= 15 is 0 Å². The van der Waals surface area contributed by atoms with Gasteiger partial charge in [0, 0.05) is 6.54 Å². The van der Waals surface area contributed by atoms with E-state index in [1.807, 2.05) is 14.1 Å². The summed E-state index contributed by atoms with van der Waals surface area (Å²) in [4.78, 5) is 6.49. The van der Waals surface area contributed by atoms with Crippen LogP contribution in [0.4, 0.5) is 4.39 Å². The van der Waals surface area contributed by atoms with Gasteiger partial charge in [0.15, 0.2) is 5.96 Å². The lowest BCUT2D eigenvalue weighted by Gasteiger charge is -2.26. The lowest BCUT2D eigenvalue weighted by Crippen LogP contribution is -2.38. The first kappa shape index (κ1) is 15.8. The number of nitrogens with one attached hydrogen (secondary N) is 1. The van der Waals surface area contributed by atoms with E-state index in [1.165, 1.54) is 31.4 Å². The molecule has 0 bridgehead atoms. The molecule has 0 spiro atoms. The van der Waals surface area contributed by atoms with Crippen LogP contribution in [0.25, 0.3) is 0 Å². The Morgan fingerprint density at radius 3 is 2.57 bits per heavy atom. The molecule has 1 aliphatic rings. The van der Waals surface area contributed by atoms with E-state index in [1.54, 1.807) is 12.1 Å². The quantitative estimate of drug-likeness (QED) is 0.624. The van der Waals surface area contributed by atoms with Crippen molar-refractivity contribution in [2.24, 2.45) is 16.6 Å². The second-order valence-corrected chi connectivity index (χ2v) is 5.93. The predicted octanol–water partition coefficient (Wildman–Crippen LogP) is 2.13. The van der Waals surface area contributed by atoms with Crippen LogP contribution in [0.15, 0.2) is 29.3 Å². The van der Waals surface area contributed by atoms with Crippen molar-refractivity contribution in [3.8, 4) is 0 Å². The van der Waals surface area contributed by atoms with Gasteiger partial charge in [-0.1, -0.05) is 18.6 Å². The minimum Gasteiger partial charge on any atom is -0.370 e. The highest BCUT2D eigenvalue weighted by molar-refractivity contribution is 5.77. The Bertz CT molecular complexity index is 466. The molecule has 1 unspecified atom stereocenters. The van der Waals surface area contributed by atoms with Crippen molar-refractivity contribution in [2.45, 2.75) is 25.3 Å². The van der Waals surface area contributed by atoms with Crippen molar-refractivity contribution in [3.63, 3.8) is 0 Å². The van der Waals surface area contributed by atoms with Crippen LogP contribution in [0, 0.1) is 11.7 Å². The lowest BCUT2D eigenvalue weighted by atomic mass is 9.85. The minimum absolute atomic E-state index is 0.0923. The average molecular weight is 292 g/mol. The Kier molecular flexibility index (Phi) is 5.56. The zero-order chi connectivity index (χ0) is 15.2. The number of benzene rings is 1. The number of rotatable bonds is 6. The van der Waals surface area contributed by atoms with Crippen LogP contribution in [-0.2, 0) is 0 Å². The van der Waals surface area contributed by atoms with Crippen LogP contribution in [0.1, 0.15) is 30.9 Å². The number of hydrogen-bond acceptors (Lipinski definition) is 2. The fraction of sp³-hybridized carbons (Fsp3) is 0.562. The topological polar surface area (TPSA) is 53.6 Å². The van der Waals surface area contributed by atoms with Crippen LogP contribution in [0.3, 0.4) is 0 Å². The maximum absolute atomic E-state index is 13.0. The zero-order valence-electron chi connectivity index (χ0n) is 12.8. The SMILES string of the molecule is CN(C)C(CN=C(N)NCC1CCC1)c1ccc(F)cc1. The Morgan fingerprint density at radius 1 is 1.38 bits per heavy atom. The summed E-state index contributed by atoms with van der Waals surface area (Å²) in [5.74, 6) is 1.03. The molecule has 1 aromatic carbocycles. The van der Waals surface area contributed by atoms with Gasteiger partial charge in [0.25, 0.3) is 0 Å². The number of nitrogens with two attached hydrogens (primary N) is 1. The van der Waals surface area contributed by atoms with Crippen molar-refractivity contribution < 1.29 is 4.39 Å². The van der Waals surface area contributed by atoms with Crippen molar-refractivity contribution >= 4 is 5.96 Å². The molecule has 0 amide bonds. The molecule has 1 saturated carbocycles. The first-order valence-corrected chi connectivity index (χ1v) is 7.52. The van der Waals surface area contributed by atoms with Crippen LogP contribution < -0.4 is 11.1 Å². The summed E-state index contributed by atoms with van der Waals surface area (Å²) < 4.78 is 13.0. The summed E-state index contributed by atoms with van der Waals surface area (Å²) in [5.41, 5.74) is 6.95. The highest BCUT2D eigenvalue weighted by atomic mass is 19.1. The van der Waals surface area contributed by atoms with Crippen molar-refractivity contribution in [1.82, 2.24) is 10.2 Å². The van der Waals surface area contributed by atoms with Gasteiger partial charge >= 0.3 is 0 Å². The summed E-state index contributed by atoms with van der Waals surface area (Å²) in [6.07, 6.45) is 3.91.